The van der Waals surface area contributed by atoms with Gasteiger partial charge in [-0.2, -0.15) is 0 Å². The van der Waals surface area contributed by atoms with Crippen molar-refractivity contribution < 1.29 is 15.3 Å². The lowest BCUT2D eigenvalue weighted by Gasteiger charge is -2.06. The molecule has 0 amide bonds. The van der Waals surface area contributed by atoms with Crippen LogP contribution in [0.4, 0.5) is 0 Å². The molecule has 0 bridgehead atoms. The zero-order chi connectivity index (χ0) is 16.2. The van der Waals surface area contributed by atoms with Crippen molar-refractivity contribution >= 4 is 10.8 Å². The minimum absolute atomic E-state index is 0.0553. The summed E-state index contributed by atoms with van der Waals surface area (Å²) in [5, 5.41) is 30.5. The number of aryl methyl sites for hydroxylation is 2. The molecule has 0 aliphatic heterocycles. The average Bonchev–Trinajstić information content (AvgIpc) is 2.55. The molecule has 3 N–H and O–H groups in total. The van der Waals surface area contributed by atoms with Crippen molar-refractivity contribution in [3.05, 3.63) is 65.7 Å². The molecule has 3 nitrogen and oxygen atoms in total. The number of fused-ring (bicyclic) bond motifs is 1. The van der Waals surface area contributed by atoms with Gasteiger partial charge in [0, 0.05) is 0 Å². The molecular formula is C20H20O3. The third kappa shape index (κ3) is 3.75. The number of rotatable bonds is 5. The summed E-state index contributed by atoms with van der Waals surface area (Å²) in [6.07, 6.45) is 3.97. The van der Waals surface area contributed by atoms with Crippen LogP contribution in [0.25, 0.3) is 10.8 Å². The highest BCUT2D eigenvalue weighted by atomic mass is 16.3. The lowest BCUT2D eigenvalue weighted by atomic mass is 10.0. The van der Waals surface area contributed by atoms with E-state index in [-0.39, 0.29) is 11.5 Å². The highest BCUT2D eigenvalue weighted by Crippen LogP contribution is 2.26. The van der Waals surface area contributed by atoms with Crippen molar-refractivity contribution in [1.82, 2.24) is 0 Å². The van der Waals surface area contributed by atoms with Gasteiger partial charge in [-0.25, -0.2) is 0 Å². The maximum absolute atomic E-state index is 9.49. The molecule has 0 fully saturated rings. The summed E-state index contributed by atoms with van der Waals surface area (Å²) in [5.41, 5.74) is 2.33. The Balaban J connectivity index is 1.56. The van der Waals surface area contributed by atoms with Crippen molar-refractivity contribution in [3.8, 4) is 17.2 Å². The second kappa shape index (κ2) is 6.61. The molecule has 0 heterocycles. The summed E-state index contributed by atoms with van der Waals surface area (Å²) in [7, 11) is 0. The summed E-state index contributed by atoms with van der Waals surface area (Å²) >= 11 is 0. The summed E-state index contributed by atoms with van der Waals surface area (Å²) in [6, 6.07) is 16.7. The number of hydrogen-bond acceptors (Lipinski definition) is 3. The van der Waals surface area contributed by atoms with E-state index >= 15 is 0 Å². The second-order valence-corrected chi connectivity index (χ2v) is 5.90. The number of hydrogen-bond donors (Lipinski definition) is 3. The molecular weight excluding hydrogens is 288 g/mol. The highest BCUT2D eigenvalue weighted by Gasteiger charge is 2.02. The molecule has 0 atom stereocenters. The molecule has 3 heteroatoms. The number of phenolic OH excluding ortho intramolecular Hbond substituents is 3. The van der Waals surface area contributed by atoms with Crippen LogP contribution in [0.3, 0.4) is 0 Å². The Kier molecular flexibility index (Phi) is 4.38. The molecule has 0 saturated carbocycles. The quantitative estimate of drug-likeness (QED) is 0.479. The first-order valence-corrected chi connectivity index (χ1v) is 7.84. The smallest absolute Gasteiger partial charge is 0.157 e. The van der Waals surface area contributed by atoms with Gasteiger partial charge < -0.3 is 15.3 Å². The minimum Gasteiger partial charge on any atom is -0.508 e. The monoisotopic (exact) mass is 308 g/mol. The third-order valence-corrected chi connectivity index (χ3v) is 4.11. The Hall–Kier alpha value is -2.68. The maximum atomic E-state index is 9.49. The van der Waals surface area contributed by atoms with Gasteiger partial charge in [0.15, 0.2) is 11.5 Å². The second-order valence-electron chi connectivity index (χ2n) is 5.90. The molecule has 118 valence electrons. The lowest BCUT2D eigenvalue weighted by molar-refractivity contribution is 0.403. The van der Waals surface area contributed by atoms with Crippen LogP contribution < -0.4 is 0 Å². The largest absolute Gasteiger partial charge is 0.508 e. The molecule has 0 unspecified atom stereocenters. The first-order valence-electron chi connectivity index (χ1n) is 7.84. The van der Waals surface area contributed by atoms with E-state index in [1.807, 2.05) is 18.2 Å². The van der Waals surface area contributed by atoms with E-state index in [4.69, 9.17) is 0 Å². The predicted molar refractivity (Wildman–Crippen MR) is 92.0 cm³/mol. The number of benzene rings is 3. The van der Waals surface area contributed by atoms with Crippen LogP contribution in [0, 0.1) is 0 Å². The van der Waals surface area contributed by atoms with Gasteiger partial charge in [0.2, 0.25) is 0 Å². The van der Waals surface area contributed by atoms with Crippen LogP contribution in [0.15, 0.2) is 54.6 Å². The molecule has 0 radical (unpaired) electrons. The Morgan fingerprint density at radius 1 is 0.565 bits per heavy atom. The highest BCUT2D eigenvalue weighted by molar-refractivity contribution is 5.84. The Morgan fingerprint density at radius 3 is 1.91 bits per heavy atom. The van der Waals surface area contributed by atoms with Crippen molar-refractivity contribution in [2.45, 2.75) is 25.7 Å². The van der Waals surface area contributed by atoms with Crippen molar-refractivity contribution in [2.24, 2.45) is 0 Å². The molecule has 23 heavy (non-hydrogen) atoms. The van der Waals surface area contributed by atoms with Gasteiger partial charge in [0.05, 0.1) is 0 Å². The fraction of sp³-hybridized carbons (Fsp3) is 0.200. The topological polar surface area (TPSA) is 60.7 Å². The van der Waals surface area contributed by atoms with E-state index in [2.05, 4.69) is 12.1 Å². The Bertz CT molecular complexity index is 824. The van der Waals surface area contributed by atoms with E-state index in [0.717, 1.165) is 42.0 Å². The number of aromatic hydroxyl groups is 3. The normalized spacial score (nSPS) is 11.0. The van der Waals surface area contributed by atoms with Crippen LogP contribution in [-0.2, 0) is 12.8 Å². The molecule has 3 rings (SSSR count). The van der Waals surface area contributed by atoms with Gasteiger partial charge in [0.25, 0.3) is 0 Å². The lowest BCUT2D eigenvalue weighted by Crippen LogP contribution is -1.90. The number of unbranched alkanes of at least 4 members (excludes halogenated alkanes) is 1. The van der Waals surface area contributed by atoms with E-state index in [1.54, 1.807) is 18.2 Å². The van der Waals surface area contributed by atoms with Crippen LogP contribution in [0.1, 0.15) is 24.0 Å². The van der Waals surface area contributed by atoms with Gasteiger partial charge >= 0.3 is 0 Å². The number of phenols is 3. The van der Waals surface area contributed by atoms with Gasteiger partial charge in [0.1, 0.15) is 5.75 Å². The predicted octanol–water partition coefficient (Wildman–Crippen LogP) is 4.52. The van der Waals surface area contributed by atoms with Gasteiger partial charge in [-0.3, -0.25) is 0 Å². The molecule has 0 spiro atoms. The van der Waals surface area contributed by atoms with Crippen LogP contribution in [-0.4, -0.2) is 15.3 Å². The van der Waals surface area contributed by atoms with Crippen molar-refractivity contribution in [3.63, 3.8) is 0 Å². The van der Waals surface area contributed by atoms with Crippen molar-refractivity contribution in [2.75, 3.05) is 0 Å². The molecule has 0 aliphatic carbocycles. The summed E-state index contributed by atoms with van der Waals surface area (Å²) in [4.78, 5) is 0. The fourth-order valence-electron chi connectivity index (χ4n) is 2.82. The Morgan fingerprint density at radius 2 is 1.17 bits per heavy atom. The summed E-state index contributed by atoms with van der Waals surface area (Å²) in [5.74, 6) is 0.165. The van der Waals surface area contributed by atoms with Gasteiger partial charge in [-0.1, -0.05) is 30.3 Å². The summed E-state index contributed by atoms with van der Waals surface area (Å²) in [6.45, 7) is 0. The molecule has 0 aliphatic rings. The van der Waals surface area contributed by atoms with Crippen LogP contribution in [0.2, 0.25) is 0 Å². The van der Waals surface area contributed by atoms with Crippen LogP contribution in [0.5, 0.6) is 17.2 Å². The zero-order valence-corrected chi connectivity index (χ0v) is 12.9. The molecule has 0 saturated heterocycles. The zero-order valence-electron chi connectivity index (χ0n) is 12.9. The van der Waals surface area contributed by atoms with E-state index in [9.17, 15) is 15.3 Å². The van der Waals surface area contributed by atoms with Gasteiger partial charge in [-0.15, -0.1) is 0 Å². The van der Waals surface area contributed by atoms with E-state index in [1.165, 1.54) is 11.6 Å². The molecule has 3 aromatic carbocycles. The fourth-order valence-corrected chi connectivity index (χ4v) is 2.82. The van der Waals surface area contributed by atoms with Crippen LogP contribution >= 0.6 is 0 Å². The van der Waals surface area contributed by atoms with Gasteiger partial charge in [-0.05, 0) is 71.8 Å². The SMILES string of the molecule is Oc1ccc2cc(CCCCc3ccc(O)c(O)c3)ccc2c1. The molecule has 0 aromatic heterocycles. The van der Waals surface area contributed by atoms with E-state index in [0.29, 0.717) is 5.75 Å². The Labute approximate surface area is 135 Å². The maximum Gasteiger partial charge on any atom is 0.157 e. The standard InChI is InChI=1S/C20H20O3/c21-18-9-8-16-11-14(5-7-17(16)13-18)3-1-2-4-15-6-10-19(22)20(23)12-15/h5-13,21-23H,1-4H2. The third-order valence-electron chi connectivity index (χ3n) is 4.11. The minimum atomic E-state index is -0.0732. The molecule has 3 aromatic rings. The first kappa shape index (κ1) is 15.2. The van der Waals surface area contributed by atoms with E-state index < -0.39 is 0 Å². The average molecular weight is 308 g/mol. The first-order chi connectivity index (χ1) is 11.1. The summed E-state index contributed by atoms with van der Waals surface area (Å²) < 4.78 is 0. The van der Waals surface area contributed by atoms with Crippen molar-refractivity contribution in [1.29, 1.82) is 0 Å².